The topological polar surface area (TPSA) is 21.6 Å². The standard InChI is InChI=1S/C19H20F3NO/c20-19(21,22)18(17-10-5-13-24-17)23-16(9-4-6-14-11-12-14)15-7-2-1-3-8-15/h1-4,7-10,14,16H,5-6,11-13H2/b9-4+,23-18?/t16-/m1/s1. The molecule has 1 aliphatic heterocycles. The van der Waals surface area contributed by atoms with E-state index in [0.717, 1.165) is 12.0 Å². The molecule has 0 amide bonds. The van der Waals surface area contributed by atoms with Gasteiger partial charge < -0.3 is 4.74 Å². The highest BCUT2D eigenvalue weighted by atomic mass is 19.4. The van der Waals surface area contributed by atoms with Gasteiger partial charge in [0.2, 0.25) is 0 Å². The third-order valence-electron chi connectivity index (χ3n) is 4.10. The second-order valence-corrected chi connectivity index (χ2v) is 6.14. The first-order valence-corrected chi connectivity index (χ1v) is 8.24. The first kappa shape index (κ1) is 16.8. The van der Waals surface area contributed by atoms with Crippen molar-refractivity contribution in [2.45, 2.75) is 37.9 Å². The second kappa shape index (κ2) is 7.24. The lowest BCUT2D eigenvalue weighted by atomic mass is 10.1. The predicted molar refractivity (Wildman–Crippen MR) is 87.8 cm³/mol. The Balaban J connectivity index is 1.91. The maximum Gasteiger partial charge on any atom is 0.436 e. The van der Waals surface area contributed by atoms with Gasteiger partial charge in [-0.25, -0.2) is 0 Å². The molecule has 1 fully saturated rings. The van der Waals surface area contributed by atoms with Crippen molar-refractivity contribution in [3.05, 3.63) is 59.9 Å². The minimum absolute atomic E-state index is 0.154. The average molecular weight is 335 g/mol. The highest BCUT2D eigenvalue weighted by Gasteiger charge is 2.40. The van der Waals surface area contributed by atoms with E-state index in [4.69, 9.17) is 4.74 Å². The lowest BCUT2D eigenvalue weighted by molar-refractivity contribution is -0.0606. The Morgan fingerprint density at radius 1 is 1.25 bits per heavy atom. The van der Waals surface area contributed by atoms with E-state index >= 15 is 0 Å². The molecule has 3 rings (SSSR count). The van der Waals surface area contributed by atoms with Crippen molar-refractivity contribution < 1.29 is 17.9 Å². The van der Waals surface area contributed by atoms with Gasteiger partial charge in [-0.2, -0.15) is 13.2 Å². The van der Waals surface area contributed by atoms with Crippen LogP contribution in [-0.4, -0.2) is 18.5 Å². The van der Waals surface area contributed by atoms with Crippen molar-refractivity contribution in [1.82, 2.24) is 0 Å². The monoisotopic (exact) mass is 335 g/mol. The molecule has 1 aliphatic carbocycles. The highest BCUT2D eigenvalue weighted by Crippen LogP contribution is 2.34. The molecule has 0 aromatic heterocycles. The average Bonchev–Trinajstić information content (AvgIpc) is 3.22. The fourth-order valence-corrected chi connectivity index (χ4v) is 2.63. The van der Waals surface area contributed by atoms with Gasteiger partial charge in [0, 0.05) is 6.42 Å². The molecule has 5 heteroatoms. The summed E-state index contributed by atoms with van der Waals surface area (Å²) in [6.45, 7) is 0.276. The van der Waals surface area contributed by atoms with E-state index in [1.54, 1.807) is 18.2 Å². The number of hydrogen-bond acceptors (Lipinski definition) is 2. The van der Waals surface area contributed by atoms with E-state index in [-0.39, 0.29) is 12.4 Å². The lowest BCUT2D eigenvalue weighted by Gasteiger charge is -2.16. The van der Waals surface area contributed by atoms with Crippen LogP contribution in [0.1, 0.15) is 37.3 Å². The largest absolute Gasteiger partial charge is 0.491 e. The Hall–Kier alpha value is -2.04. The molecular weight excluding hydrogens is 315 g/mol. The molecular formula is C19H20F3NO. The van der Waals surface area contributed by atoms with Gasteiger partial charge in [0.1, 0.15) is 5.76 Å². The van der Waals surface area contributed by atoms with Crippen LogP contribution in [0.4, 0.5) is 13.2 Å². The van der Waals surface area contributed by atoms with Crippen LogP contribution in [0.15, 0.2) is 59.3 Å². The van der Waals surface area contributed by atoms with Crippen molar-refractivity contribution in [3.63, 3.8) is 0 Å². The zero-order valence-corrected chi connectivity index (χ0v) is 13.3. The van der Waals surface area contributed by atoms with E-state index in [9.17, 15) is 13.2 Å². The van der Waals surface area contributed by atoms with E-state index in [1.165, 1.54) is 18.9 Å². The number of ether oxygens (including phenoxy) is 1. The Labute approximate surface area is 139 Å². The van der Waals surface area contributed by atoms with Crippen molar-refractivity contribution in [2.75, 3.05) is 6.61 Å². The van der Waals surface area contributed by atoms with Gasteiger partial charge in [-0.3, -0.25) is 4.99 Å². The van der Waals surface area contributed by atoms with Crippen LogP contribution in [0.3, 0.4) is 0 Å². The summed E-state index contributed by atoms with van der Waals surface area (Å²) in [5.41, 5.74) is -0.185. The Morgan fingerprint density at radius 3 is 2.58 bits per heavy atom. The minimum atomic E-state index is -4.53. The van der Waals surface area contributed by atoms with Crippen LogP contribution < -0.4 is 0 Å². The van der Waals surface area contributed by atoms with Crippen LogP contribution in [0.25, 0.3) is 0 Å². The Bertz CT molecular complexity index is 642. The van der Waals surface area contributed by atoms with Crippen molar-refractivity contribution in [3.8, 4) is 0 Å². The van der Waals surface area contributed by atoms with Crippen molar-refractivity contribution in [1.29, 1.82) is 0 Å². The number of aliphatic imine (C=N–C) groups is 1. The molecule has 0 bridgehead atoms. The molecule has 128 valence electrons. The van der Waals surface area contributed by atoms with E-state index < -0.39 is 17.9 Å². The van der Waals surface area contributed by atoms with E-state index in [2.05, 4.69) is 4.99 Å². The van der Waals surface area contributed by atoms with E-state index in [0.29, 0.717) is 12.3 Å². The Morgan fingerprint density at radius 2 is 2.00 bits per heavy atom. The second-order valence-electron chi connectivity index (χ2n) is 6.14. The Kier molecular flexibility index (Phi) is 5.07. The molecule has 1 saturated carbocycles. The first-order chi connectivity index (χ1) is 11.5. The molecule has 1 aromatic carbocycles. The molecule has 0 saturated heterocycles. The van der Waals surface area contributed by atoms with E-state index in [1.807, 2.05) is 24.3 Å². The summed E-state index contributed by atoms with van der Waals surface area (Å²) in [6, 6.07) is 8.40. The summed E-state index contributed by atoms with van der Waals surface area (Å²) in [7, 11) is 0. The zero-order valence-electron chi connectivity index (χ0n) is 13.3. The van der Waals surface area contributed by atoms with Gasteiger partial charge in [-0.15, -0.1) is 0 Å². The molecule has 0 spiro atoms. The van der Waals surface area contributed by atoms with Gasteiger partial charge in [0.05, 0.1) is 12.6 Å². The number of rotatable bonds is 6. The molecule has 1 atom stereocenters. The van der Waals surface area contributed by atoms with Crippen molar-refractivity contribution >= 4 is 5.71 Å². The summed E-state index contributed by atoms with van der Waals surface area (Å²) < 4.78 is 45.4. The summed E-state index contributed by atoms with van der Waals surface area (Å²) in [5, 5.41) is 0. The number of benzene rings is 1. The summed E-state index contributed by atoms with van der Waals surface area (Å²) in [6.07, 6.45) is 4.45. The van der Waals surface area contributed by atoms with Gasteiger partial charge in [0.15, 0.2) is 5.71 Å². The maximum atomic E-state index is 13.4. The first-order valence-electron chi connectivity index (χ1n) is 8.24. The van der Waals surface area contributed by atoms with Crippen LogP contribution in [0.5, 0.6) is 0 Å². The SMILES string of the molecule is FC(F)(F)C(=N[C@H](/C=C/CC1CC1)c1ccccc1)C1=CCCO1. The van der Waals surface area contributed by atoms with Crippen molar-refractivity contribution in [2.24, 2.45) is 10.9 Å². The van der Waals surface area contributed by atoms with Gasteiger partial charge in [-0.05, 0) is 36.8 Å². The van der Waals surface area contributed by atoms with Gasteiger partial charge in [0.25, 0.3) is 0 Å². The number of hydrogen-bond donors (Lipinski definition) is 0. The van der Waals surface area contributed by atoms with Gasteiger partial charge in [-0.1, -0.05) is 42.5 Å². The zero-order chi connectivity index (χ0) is 17.0. The fraction of sp³-hybridized carbons (Fsp3) is 0.421. The molecule has 0 radical (unpaired) electrons. The van der Waals surface area contributed by atoms with Crippen LogP contribution in [-0.2, 0) is 4.74 Å². The van der Waals surface area contributed by atoms with Crippen LogP contribution >= 0.6 is 0 Å². The quantitative estimate of drug-likeness (QED) is 0.504. The predicted octanol–water partition coefficient (Wildman–Crippen LogP) is 5.39. The van der Waals surface area contributed by atoms with Crippen LogP contribution in [0.2, 0.25) is 0 Å². The lowest BCUT2D eigenvalue weighted by Crippen LogP contribution is -2.26. The number of nitrogens with zero attached hydrogens (tertiary/aromatic N) is 1. The number of halogens is 3. The molecule has 0 N–H and O–H groups in total. The maximum absolute atomic E-state index is 13.4. The molecule has 1 aromatic rings. The third kappa shape index (κ3) is 4.49. The normalized spacial score (nSPS) is 20.1. The molecule has 0 unspecified atom stereocenters. The fourth-order valence-electron chi connectivity index (χ4n) is 2.63. The number of allylic oxidation sites excluding steroid dienone is 2. The third-order valence-corrected chi connectivity index (χ3v) is 4.10. The number of alkyl halides is 3. The highest BCUT2D eigenvalue weighted by molar-refractivity contribution is 6.03. The summed E-state index contributed by atoms with van der Waals surface area (Å²) in [4.78, 5) is 4.03. The summed E-state index contributed by atoms with van der Waals surface area (Å²) >= 11 is 0. The molecule has 2 nitrogen and oxygen atoms in total. The molecule has 1 heterocycles. The minimum Gasteiger partial charge on any atom is -0.491 e. The van der Waals surface area contributed by atoms with Crippen LogP contribution in [0, 0.1) is 5.92 Å². The summed E-state index contributed by atoms with van der Waals surface area (Å²) in [5.74, 6) is 0.531. The smallest absolute Gasteiger partial charge is 0.436 e. The molecule has 2 aliphatic rings. The molecule has 24 heavy (non-hydrogen) atoms. The van der Waals surface area contributed by atoms with Gasteiger partial charge >= 0.3 is 6.18 Å².